The standard InChI is InChI=1S/C63H126N2O4/c1-7-13-19-25-31-37-43-49-55-64(56-50-44-38-32-26-20-14-8-2,57-51-45-39-33-27-21-15-9-3)63(61(66)67,62(68)69)65(58-52-46-40-34-28-22-16-10-4,59-53-47-41-35-29-23-17-11-5)60-54-48-42-36-30-24-18-12-6/h7-60H2,1-6H3/p+2. The highest BCUT2D eigenvalue weighted by molar-refractivity contribution is 5.99. The molecule has 412 valence electrons. The van der Waals surface area contributed by atoms with E-state index in [2.05, 4.69) is 41.5 Å². The van der Waals surface area contributed by atoms with Crippen molar-refractivity contribution in [2.24, 2.45) is 0 Å². The molecule has 0 bridgehead atoms. The van der Waals surface area contributed by atoms with E-state index in [4.69, 9.17) is 0 Å². The van der Waals surface area contributed by atoms with E-state index in [1.165, 1.54) is 231 Å². The summed E-state index contributed by atoms with van der Waals surface area (Å²) in [5.74, 6) is -2.04. The molecular formula is C63H128N2O4+2. The number of carboxylic acid groups (broad SMARTS) is 2. The number of carbonyl (C=O) groups is 2. The fraction of sp³-hybridized carbons (Fsp3) is 0.968. The van der Waals surface area contributed by atoms with Crippen LogP contribution >= 0.6 is 0 Å². The van der Waals surface area contributed by atoms with Crippen LogP contribution in [0.2, 0.25) is 0 Å². The molecule has 0 unspecified atom stereocenters. The second-order valence-electron chi connectivity index (χ2n) is 22.8. The molecule has 0 heterocycles. The Morgan fingerprint density at radius 1 is 0.232 bits per heavy atom. The highest BCUT2D eigenvalue weighted by atomic mass is 16.4. The van der Waals surface area contributed by atoms with Crippen molar-refractivity contribution >= 4 is 11.9 Å². The first-order chi connectivity index (χ1) is 33.8. The molecule has 0 saturated carbocycles. The molecule has 0 saturated heterocycles. The highest BCUT2D eigenvalue weighted by Gasteiger charge is 2.75. The average Bonchev–Trinajstić information content (AvgIpc) is 3.33. The molecular weight excluding hydrogens is 849 g/mol. The van der Waals surface area contributed by atoms with Gasteiger partial charge in [-0.2, -0.15) is 0 Å². The molecule has 0 fully saturated rings. The lowest BCUT2D eigenvalue weighted by atomic mass is 9.91. The quantitative estimate of drug-likeness (QED) is 0.0276. The molecule has 0 aliphatic heterocycles. The van der Waals surface area contributed by atoms with Crippen molar-refractivity contribution in [1.29, 1.82) is 0 Å². The molecule has 0 spiro atoms. The topological polar surface area (TPSA) is 74.6 Å². The lowest BCUT2D eigenvalue weighted by Gasteiger charge is -2.57. The second-order valence-corrected chi connectivity index (χ2v) is 22.8. The van der Waals surface area contributed by atoms with Gasteiger partial charge in [0.05, 0.1) is 39.3 Å². The summed E-state index contributed by atoms with van der Waals surface area (Å²) < 4.78 is 0.508. The Morgan fingerprint density at radius 3 is 0.464 bits per heavy atom. The Morgan fingerprint density at radius 2 is 0.348 bits per heavy atom. The molecule has 0 amide bonds. The molecule has 0 aliphatic rings. The Kier molecular flexibility index (Phi) is 48.3. The van der Waals surface area contributed by atoms with Crippen LogP contribution in [0.1, 0.15) is 350 Å². The van der Waals surface area contributed by atoms with Crippen molar-refractivity contribution in [2.75, 3.05) is 39.3 Å². The first-order valence-corrected chi connectivity index (χ1v) is 31.9. The molecule has 0 aromatic carbocycles. The molecule has 0 radical (unpaired) electrons. The first kappa shape index (κ1) is 67.9. The van der Waals surface area contributed by atoms with Gasteiger partial charge in [-0.15, -0.1) is 0 Å². The summed E-state index contributed by atoms with van der Waals surface area (Å²) in [7, 11) is 0. The first-order valence-electron chi connectivity index (χ1n) is 31.9. The summed E-state index contributed by atoms with van der Waals surface area (Å²) in [6.45, 7) is 17.8. The van der Waals surface area contributed by atoms with E-state index in [1.54, 1.807) is 0 Å². The van der Waals surface area contributed by atoms with Crippen molar-refractivity contribution < 1.29 is 28.8 Å². The summed E-state index contributed by atoms with van der Waals surface area (Å²) in [5.41, 5.74) is -1.91. The fourth-order valence-corrected chi connectivity index (χ4v) is 12.3. The van der Waals surface area contributed by atoms with E-state index in [9.17, 15) is 10.2 Å². The third-order valence-electron chi connectivity index (χ3n) is 16.6. The number of carboxylic acids is 2. The van der Waals surface area contributed by atoms with E-state index in [1.807, 2.05) is 0 Å². The van der Waals surface area contributed by atoms with Crippen LogP contribution in [-0.2, 0) is 9.59 Å². The van der Waals surface area contributed by atoms with Gasteiger partial charge in [-0.25, -0.2) is 9.59 Å². The van der Waals surface area contributed by atoms with Crippen LogP contribution in [-0.4, -0.2) is 76.0 Å². The van der Waals surface area contributed by atoms with Gasteiger partial charge in [0.2, 0.25) is 0 Å². The number of aliphatic carboxylic acids is 2. The van der Waals surface area contributed by atoms with Crippen molar-refractivity contribution in [3.8, 4) is 0 Å². The number of unbranched alkanes of at least 4 members (excludes halogenated alkanes) is 42. The zero-order valence-electron chi connectivity index (χ0n) is 48.3. The second kappa shape index (κ2) is 49.1. The van der Waals surface area contributed by atoms with E-state index >= 15 is 9.59 Å². The van der Waals surface area contributed by atoms with Crippen molar-refractivity contribution in [3.63, 3.8) is 0 Å². The van der Waals surface area contributed by atoms with Crippen LogP contribution in [0.4, 0.5) is 0 Å². The van der Waals surface area contributed by atoms with E-state index in [0.29, 0.717) is 39.3 Å². The molecule has 0 rings (SSSR count). The maximum absolute atomic E-state index is 15.2. The molecule has 69 heavy (non-hydrogen) atoms. The van der Waals surface area contributed by atoms with Crippen molar-refractivity contribution in [2.45, 2.75) is 355 Å². The maximum Gasteiger partial charge on any atom is 0.439 e. The summed E-state index contributed by atoms with van der Waals surface area (Å²) in [6.07, 6.45) is 57.1. The summed E-state index contributed by atoms with van der Waals surface area (Å²) in [4.78, 5) is 30.3. The van der Waals surface area contributed by atoms with Gasteiger partial charge in [-0.05, 0) is 77.0 Å². The van der Waals surface area contributed by atoms with Crippen LogP contribution in [0.25, 0.3) is 0 Å². The van der Waals surface area contributed by atoms with E-state index < -0.39 is 17.6 Å². The van der Waals surface area contributed by atoms with Gasteiger partial charge >= 0.3 is 17.6 Å². The van der Waals surface area contributed by atoms with Gasteiger partial charge in [-0.3, -0.25) is 8.97 Å². The van der Waals surface area contributed by atoms with E-state index in [-0.39, 0.29) is 8.97 Å². The van der Waals surface area contributed by atoms with Crippen molar-refractivity contribution in [3.05, 3.63) is 0 Å². The smallest absolute Gasteiger partial charge is 0.439 e. The maximum atomic E-state index is 15.2. The lowest BCUT2D eigenvalue weighted by Crippen LogP contribution is -2.86. The zero-order valence-corrected chi connectivity index (χ0v) is 48.3. The minimum absolute atomic E-state index is 0.254. The third-order valence-corrected chi connectivity index (χ3v) is 16.6. The molecule has 6 nitrogen and oxygen atoms in total. The molecule has 0 aliphatic carbocycles. The Labute approximate surface area is 433 Å². The summed E-state index contributed by atoms with van der Waals surface area (Å²) in [6, 6.07) is 0. The van der Waals surface area contributed by atoms with Gasteiger partial charge in [0, 0.05) is 0 Å². The average molecular weight is 978 g/mol. The number of hydrogen-bond acceptors (Lipinski definition) is 2. The van der Waals surface area contributed by atoms with E-state index in [0.717, 1.165) is 77.0 Å². The van der Waals surface area contributed by atoms with Gasteiger partial charge < -0.3 is 10.2 Å². The van der Waals surface area contributed by atoms with Gasteiger partial charge in [0.15, 0.2) is 0 Å². The van der Waals surface area contributed by atoms with Crippen molar-refractivity contribution in [1.82, 2.24) is 0 Å². The van der Waals surface area contributed by atoms with Crippen LogP contribution in [0.3, 0.4) is 0 Å². The molecule has 0 aromatic heterocycles. The van der Waals surface area contributed by atoms with Gasteiger partial charge in [-0.1, -0.05) is 273 Å². The molecule has 0 aromatic rings. The summed E-state index contributed by atoms with van der Waals surface area (Å²) >= 11 is 0. The SMILES string of the molecule is CCCCCCCCCC[N+](CCCCCCCCCC)(CCCCCCCCCC)C(C(=O)O)(C(=O)O)[N+](CCCCCCCCCC)(CCCCCCCCCC)CCCCCCCCCC. The summed E-state index contributed by atoms with van der Waals surface area (Å²) in [5, 5.41) is 24.8. The largest absolute Gasteiger partial charge is 0.471 e. The normalized spacial score (nSPS) is 12.4. The predicted molar refractivity (Wildman–Crippen MR) is 303 cm³/mol. The highest BCUT2D eigenvalue weighted by Crippen LogP contribution is 2.41. The predicted octanol–water partition coefficient (Wildman–Crippen LogP) is 20.3. The number of quaternary nitrogens is 2. The van der Waals surface area contributed by atoms with Gasteiger partial charge in [0.25, 0.3) is 0 Å². The minimum atomic E-state index is -1.91. The van der Waals surface area contributed by atoms with Crippen LogP contribution in [0.5, 0.6) is 0 Å². The number of nitrogens with zero attached hydrogens (tertiary/aromatic N) is 2. The van der Waals surface area contributed by atoms with Crippen LogP contribution < -0.4 is 0 Å². The molecule has 0 atom stereocenters. The van der Waals surface area contributed by atoms with Gasteiger partial charge in [0.1, 0.15) is 0 Å². The number of rotatable bonds is 58. The Balaban J connectivity index is 7.59. The molecule has 2 N–H and O–H groups in total. The zero-order chi connectivity index (χ0) is 50.8. The van der Waals surface area contributed by atoms with Crippen LogP contribution in [0, 0.1) is 0 Å². The lowest BCUT2D eigenvalue weighted by molar-refractivity contribution is -1.14. The fourth-order valence-electron chi connectivity index (χ4n) is 12.3. The third kappa shape index (κ3) is 31.3. The molecule has 6 heteroatoms. The Bertz CT molecular complexity index is 910. The van der Waals surface area contributed by atoms with Crippen LogP contribution in [0.15, 0.2) is 0 Å². The Hall–Kier alpha value is -1.14. The monoisotopic (exact) mass is 977 g/mol. The minimum Gasteiger partial charge on any atom is -0.471 e. The number of hydrogen-bond donors (Lipinski definition) is 2.